The summed E-state index contributed by atoms with van der Waals surface area (Å²) in [7, 11) is 0. The number of hydrogen-bond acceptors (Lipinski definition) is 2. The predicted molar refractivity (Wildman–Crippen MR) is 77.4 cm³/mol. The fraction of sp³-hybridized carbons (Fsp3) is 0.625. The molecule has 3 unspecified atom stereocenters. The summed E-state index contributed by atoms with van der Waals surface area (Å²) in [5.74, 6) is -1.08. The van der Waals surface area contributed by atoms with Crippen molar-refractivity contribution in [1.82, 2.24) is 0 Å². The van der Waals surface area contributed by atoms with E-state index in [1.807, 2.05) is 0 Å². The lowest BCUT2D eigenvalue weighted by Gasteiger charge is -2.43. The van der Waals surface area contributed by atoms with Crippen molar-refractivity contribution in [2.45, 2.75) is 46.1 Å². The van der Waals surface area contributed by atoms with E-state index in [0.29, 0.717) is 5.92 Å². The van der Waals surface area contributed by atoms with Gasteiger partial charge in [-0.05, 0) is 48.1 Å². The van der Waals surface area contributed by atoms with Gasteiger partial charge >= 0.3 is 0 Å². The van der Waals surface area contributed by atoms with E-state index < -0.39 is 11.6 Å². The Morgan fingerprint density at radius 3 is 2.55 bits per heavy atom. The van der Waals surface area contributed by atoms with Crippen molar-refractivity contribution in [2.75, 3.05) is 11.1 Å². The second-order valence-corrected chi connectivity index (χ2v) is 7.32. The first-order valence-electron chi connectivity index (χ1n) is 7.26. The van der Waals surface area contributed by atoms with Crippen LogP contribution in [0.2, 0.25) is 0 Å². The van der Waals surface area contributed by atoms with Gasteiger partial charge in [-0.2, -0.15) is 0 Å². The molecule has 2 fully saturated rings. The number of nitrogen functional groups attached to an aromatic ring is 1. The van der Waals surface area contributed by atoms with Crippen LogP contribution in [0.4, 0.5) is 20.2 Å². The van der Waals surface area contributed by atoms with Crippen LogP contribution in [0.25, 0.3) is 0 Å². The van der Waals surface area contributed by atoms with Gasteiger partial charge in [0.2, 0.25) is 0 Å². The van der Waals surface area contributed by atoms with E-state index in [1.165, 1.54) is 12.5 Å². The molecule has 2 aliphatic rings. The highest BCUT2D eigenvalue weighted by atomic mass is 19.2. The van der Waals surface area contributed by atoms with Gasteiger partial charge in [-0.3, -0.25) is 0 Å². The Morgan fingerprint density at radius 1 is 1.25 bits per heavy atom. The molecule has 2 nitrogen and oxygen atoms in total. The standard InChI is InChI=1S/C16H22F2N2/c1-15(2)9-6-7-16(3,8-9)14(15)20-13-11(19)5-4-10(17)12(13)18/h4-5,9,14,20H,6-8,19H2,1-3H3. The zero-order valence-electron chi connectivity index (χ0n) is 12.3. The molecule has 2 saturated carbocycles. The number of rotatable bonds is 2. The highest BCUT2D eigenvalue weighted by Crippen LogP contribution is 2.63. The molecule has 1 aromatic carbocycles. The predicted octanol–water partition coefficient (Wildman–Crippen LogP) is 4.17. The number of fused-ring (bicyclic) bond motifs is 2. The minimum Gasteiger partial charge on any atom is -0.397 e. The van der Waals surface area contributed by atoms with Crippen LogP contribution in [0.15, 0.2) is 12.1 Å². The molecule has 2 bridgehead atoms. The van der Waals surface area contributed by atoms with Gasteiger partial charge in [-0.15, -0.1) is 0 Å². The molecule has 2 aliphatic carbocycles. The van der Waals surface area contributed by atoms with Gasteiger partial charge in [0.1, 0.15) is 0 Å². The van der Waals surface area contributed by atoms with Gasteiger partial charge in [0, 0.05) is 6.04 Å². The summed E-state index contributed by atoms with van der Waals surface area (Å²) in [5.41, 5.74) is 6.43. The number of anilines is 2. The molecule has 4 heteroatoms. The largest absolute Gasteiger partial charge is 0.397 e. The van der Waals surface area contributed by atoms with Gasteiger partial charge in [-0.1, -0.05) is 20.8 Å². The first-order chi connectivity index (χ1) is 9.25. The van der Waals surface area contributed by atoms with Crippen LogP contribution in [0.5, 0.6) is 0 Å². The van der Waals surface area contributed by atoms with Crippen LogP contribution >= 0.6 is 0 Å². The Bertz CT molecular complexity index is 551. The third-order valence-electron chi connectivity index (χ3n) is 5.69. The molecule has 20 heavy (non-hydrogen) atoms. The highest BCUT2D eigenvalue weighted by molar-refractivity contribution is 5.67. The number of nitrogens with one attached hydrogen (secondary N) is 1. The average Bonchev–Trinajstić information content (AvgIpc) is 2.84. The van der Waals surface area contributed by atoms with Gasteiger partial charge in [0.15, 0.2) is 11.6 Å². The van der Waals surface area contributed by atoms with E-state index in [-0.39, 0.29) is 28.2 Å². The normalized spacial score (nSPS) is 34.5. The molecule has 0 heterocycles. The average molecular weight is 280 g/mol. The molecular formula is C16H22F2N2. The van der Waals surface area contributed by atoms with Gasteiger partial charge in [0.25, 0.3) is 0 Å². The lowest BCUT2D eigenvalue weighted by atomic mass is 9.68. The minimum atomic E-state index is -0.868. The molecule has 3 atom stereocenters. The van der Waals surface area contributed by atoms with Crippen molar-refractivity contribution in [3.8, 4) is 0 Å². The maximum Gasteiger partial charge on any atom is 0.183 e. The first-order valence-corrected chi connectivity index (χ1v) is 7.26. The van der Waals surface area contributed by atoms with Crippen molar-refractivity contribution in [2.24, 2.45) is 16.7 Å². The zero-order chi connectivity index (χ0) is 14.7. The Balaban J connectivity index is 1.98. The van der Waals surface area contributed by atoms with Gasteiger partial charge in [-0.25, -0.2) is 8.78 Å². The Hall–Kier alpha value is -1.32. The Labute approximate surface area is 118 Å². The van der Waals surface area contributed by atoms with Gasteiger partial charge in [0.05, 0.1) is 11.4 Å². The summed E-state index contributed by atoms with van der Waals surface area (Å²) in [6.45, 7) is 6.67. The quantitative estimate of drug-likeness (QED) is 0.798. The summed E-state index contributed by atoms with van der Waals surface area (Å²) >= 11 is 0. The van der Waals surface area contributed by atoms with Crippen LogP contribution in [-0.2, 0) is 0 Å². The zero-order valence-corrected chi connectivity index (χ0v) is 12.3. The van der Waals surface area contributed by atoms with Crippen molar-refractivity contribution in [1.29, 1.82) is 0 Å². The molecule has 0 spiro atoms. The van der Waals surface area contributed by atoms with Crippen LogP contribution < -0.4 is 11.1 Å². The third-order valence-corrected chi connectivity index (χ3v) is 5.69. The fourth-order valence-corrected chi connectivity index (χ4v) is 4.52. The van der Waals surface area contributed by atoms with Crippen LogP contribution in [0.1, 0.15) is 40.0 Å². The van der Waals surface area contributed by atoms with E-state index in [2.05, 4.69) is 26.1 Å². The Kier molecular flexibility index (Phi) is 2.79. The number of benzene rings is 1. The molecule has 0 aromatic heterocycles. The van der Waals surface area contributed by atoms with E-state index in [4.69, 9.17) is 5.73 Å². The maximum absolute atomic E-state index is 14.0. The molecule has 0 radical (unpaired) electrons. The molecule has 3 N–H and O–H groups in total. The number of nitrogens with two attached hydrogens (primary N) is 1. The minimum absolute atomic E-state index is 0.0677. The van der Waals surface area contributed by atoms with Gasteiger partial charge < -0.3 is 11.1 Å². The summed E-state index contributed by atoms with van der Waals surface area (Å²) in [5, 5.41) is 3.24. The van der Waals surface area contributed by atoms with Crippen LogP contribution in [-0.4, -0.2) is 6.04 Å². The van der Waals surface area contributed by atoms with E-state index in [9.17, 15) is 8.78 Å². The summed E-state index contributed by atoms with van der Waals surface area (Å²) in [4.78, 5) is 0. The second kappa shape index (κ2) is 4.09. The van der Waals surface area contributed by atoms with Crippen molar-refractivity contribution < 1.29 is 8.78 Å². The monoisotopic (exact) mass is 280 g/mol. The highest BCUT2D eigenvalue weighted by Gasteiger charge is 2.59. The van der Waals surface area contributed by atoms with Crippen molar-refractivity contribution >= 4 is 11.4 Å². The molecule has 3 rings (SSSR count). The topological polar surface area (TPSA) is 38.0 Å². The Morgan fingerprint density at radius 2 is 1.95 bits per heavy atom. The summed E-state index contributed by atoms with van der Waals surface area (Å²) < 4.78 is 27.5. The van der Waals surface area contributed by atoms with Crippen molar-refractivity contribution in [3.05, 3.63) is 23.8 Å². The smallest absolute Gasteiger partial charge is 0.183 e. The molecule has 0 amide bonds. The number of hydrogen-bond donors (Lipinski definition) is 2. The lowest BCUT2D eigenvalue weighted by Crippen LogP contribution is -2.46. The molecule has 110 valence electrons. The lowest BCUT2D eigenvalue weighted by molar-refractivity contribution is 0.155. The van der Waals surface area contributed by atoms with Crippen LogP contribution in [0.3, 0.4) is 0 Å². The van der Waals surface area contributed by atoms with E-state index >= 15 is 0 Å². The van der Waals surface area contributed by atoms with Crippen LogP contribution in [0, 0.1) is 28.4 Å². The molecule has 0 saturated heterocycles. The molecule has 1 aromatic rings. The first kappa shape index (κ1) is 13.7. The second-order valence-electron chi connectivity index (χ2n) is 7.32. The van der Waals surface area contributed by atoms with Crippen molar-refractivity contribution in [3.63, 3.8) is 0 Å². The molecular weight excluding hydrogens is 258 g/mol. The third kappa shape index (κ3) is 1.73. The summed E-state index contributed by atoms with van der Waals surface area (Å²) in [6, 6.07) is 2.61. The van der Waals surface area contributed by atoms with E-state index in [0.717, 1.165) is 18.9 Å². The maximum atomic E-state index is 14.0. The molecule has 0 aliphatic heterocycles. The SMILES string of the molecule is CC12CCC(C1)C(C)(C)C2Nc1c(N)ccc(F)c1F. The summed E-state index contributed by atoms with van der Waals surface area (Å²) in [6.07, 6.45) is 3.51. The van der Waals surface area contributed by atoms with E-state index in [1.54, 1.807) is 0 Å². The number of halogens is 2. The fourth-order valence-electron chi connectivity index (χ4n) is 4.52.